The maximum absolute atomic E-state index is 12.1. The van der Waals surface area contributed by atoms with Crippen LogP contribution in [0.4, 0.5) is 11.4 Å². The zero-order valence-electron chi connectivity index (χ0n) is 13.5. The number of thioether (sulfide) groups is 1. The highest BCUT2D eigenvalue weighted by Crippen LogP contribution is 2.24. The molecule has 0 aliphatic rings. The van der Waals surface area contributed by atoms with E-state index in [4.69, 9.17) is 0 Å². The summed E-state index contributed by atoms with van der Waals surface area (Å²) in [5, 5.41) is 25.5. The molecule has 2 aromatic carbocycles. The van der Waals surface area contributed by atoms with E-state index in [0.29, 0.717) is 11.7 Å². The van der Waals surface area contributed by atoms with Gasteiger partial charge in [-0.1, -0.05) is 54.2 Å². The normalized spacial score (nSPS) is 10.5. The van der Waals surface area contributed by atoms with E-state index in [1.807, 2.05) is 30.3 Å². The van der Waals surface area contributed by atoms with E-state index in [1.54, 1.807) is 16.8 Å². The number of carbonyl (C=O) groups excluding carboxylic acids is 1. The number of nitro groups is 1. The van der Waals surface area contributed by atoms with Crippen molar-refractivity contribution in [3.63, 3.8) is 0 Å². The number of anilines is 1. The lowest BCUT2D eigenvalue weighted by molar-refractivity contribution is -0.383. The van der Waals surface area contributed by atoms with Crippen LogP contribution < -0.4 is 5.32 Å². The summed E-state index contributed by atoms with van der Waals surface area (Å²) in [6.07, 6.45) is 0. The van der Waals surface area contributed by atoms with Crippen LogP contribution in [0.5, 0.6) is 0 Å². The highest BCUT2D eigenvalue weighted by Gasteiger charge is 2.16. The summed E-state index contributed by atoms with van der Waals surface area (Å²) in [5.74, 6) is -0.347. The summed E-state index contributed by atoms with van der Waals surface area (Å²) in [7, 11) is 0. The van der Waals surface area contributed by atoms with Gasteiger partial charge in [-0.15, -0.1) is 5.10 Å². The molecule has 0 fully saturated rings. The number of benzene rings is 2. The second kappa shape index (κ2) is 8.21. The molecule has 0 aliphatic carbocycles. The van der Waals surface area contributed by atoms with E-state index < -0.39 is 4.92 Å². The molecule has 0 bridgehead atoms. The maximum atomic E-state index is 12.1. The molecule has 1 aromatic heterocycles. The zero-order chi connectivity index (χ0) is 18.4. The van der Waals surface area contributed by atoms with Crippen molar-refractivity contribution < 1.29 is 9.72 Å². The lowest BCUT2D eigenvalue weighted by Crippen LogP contribution is -2.15. The Morgan fingerprint density at radius 3 is 2.65 bits per heavy atom. The summed E-state index contributed by atoms with van der Waals surface area (Å²) >= 11 is 1.16. The number of carbonyl (C=O) groups is 1. The standard InChI is InChI=1S/C16H14N6O3S/c23-15(17-13-8-4-5-9-14(13)22(24)25)11-26-16-18-19-20-21(16)10-12-6-2-1-3-7-12/h1-9H,10-11H2,(H,17,23). The smallest absolute Gasteiger partial charge is 0.292 e. The van der Waals surface area contributed by atoms with Crippen molar-refractivity contribution in [1.82, 2.24) is 20.2 Å². The number of para-hydroxylation sites is 2. The summed E-state index contributed by atoms with van der Waals surface area (Å²) in [6, 6.07) is 15.7. The molecule has 0 unspecified atom stereocenters. The van der Waals surface area contributed by atoms with Gasteiger partial charge in [0.15, 0.2) is 0 Å². The first-order valence-corrected chi connectivity index (χ1v) is 8.58. The third-order valence-electron chi connectivity index (χ3n) is 3.38. The van der Waals surface area contributed by atoms with Crippen LogP contribution >= 0.6 is 11.8 Å². The van der Waals surface area contributed by atoms with E-state index in [-0.39, 0.29) is 23.0 Å². The molecule has 0 saturated heterocycles. The molecule has 0 atom stereocenters. The molecule has 0 spiro atoms. The van der Waals surface area contributed by atoms with Gasteiger partial charge in [-0.05, 0) is 22.1 Å². The van der Waals surface area contributed by atoms with Crippen molar-refractivity contribution >= 4 is 29.0 Å². The minimum atomic E-state index is -0.539. The quantitative estimate of drug-likeness (QED) is 0.385. The highest BCUT2D eigenvalue weighted by molar-refractivity contribution is 7.99. The van der Waals surface area contributed by atoms with Crippen LogP contribution in [0.2, 0.25) is 0 Å². The predicted octanol–water partition coefficient (Wildman–Crippen LogP) is 2.36. The van der Waals surface area contributed by atoms with Gasteiger partial charge in [0.25, 0.3) is 5.69 Å². The van der Waals surface area contributed by atoms with E-state index in [9.17, 15) is 14.9 Å². The summed E-state index contributed by atoms with van der Waals surface area (Å²) in [5.41, 5.74) is 1.04. The molecule has 0 radical (unpaired) electrons. The van der Waals surface area contributed by atoms with Gasteiger partial charge in [0.2, 0.25) is 11.1 Å². The zero-order valence-corrected chi connectivity index (χ0v) is 14.3. The molecule has 1 heterocycles. The van der Waals surface area contributed by atoms with Crippen LogP contribution in [0.25, 0.3) is 0 Å². The Labute approximate surface area is 152 Å². The number of hydrogen-bond donors (Lipinski definition) is 1. The topological polar surface area (TPSA) is 116 Å². The van der Waals surface area contributed by atoms with Crippen LogP contribution in [0.15, 0.2) is 59.8 Å². The molecule has 10 heteroatoms. The molecule has 26 heavy (non-hydrogen) atoms. The number of nitro benzene ring substituents is 1. The first kappa shape index (κ1) is 17.5. The first-order chi connectivity index (χ1) is 12.6. The minimum Gasteiger partial charge on any atom is -0.320 e. The highest BCUT2D eigenvalue weighted by atomic mass is 32.2. The van der Waals surface area contributed by atoms with E-state index in [1.165, 1.54) is 12.1 Å². The van der Waals surface area contributed by atoms with Crippen molar-refractivity contribution in [3.05, 3.63) is 70.3 Å². The monoisotopic (exact) mass is 370 g/mol. The average Bonchev–Trinajstić information content (AvgIpc) is 3.08. The Balaban J connectivity index is 1.61. The predicted molar refractivity (Wildman–Crippen MR) is 95.8 cm³/mol. The number of aromatic nitrogens is 4. The Morgan fingerprint density at radius 1 is 1.15 bits per heavy atom. The molecule has 3 aromatic rings. The van der Waals surface area contributed by atoms with Gasteiger partial charge in [0, 0.05) is 6.07 Å². The number of hydrogen-bond acceptors (Lipinski definition) is 7. The second-order valence-electron chi connectivity index (χ2n) is 5.22. The van der Waals surface area contributed by atoms with Gasteiger partial charge in [-0.25, -0.2) is 4.68 Å². The largest absolute Gasteiger partial charge is 0.320 e. The van der Waals surface area contributed by atoms with Crippen molar-refractivity contribution in [3.8, 4) is 0 Å². The van der Waals surface area contributed by atoms with Crippen molar-refractivity contribution in [1.29, 1.82) is 0 Å². The Kier molecular flexibility index (Phi) is 5.54. The molecular weight excluding hydrogens is 356 g/mol. The average molecular weight is 370 g/mol. The van der Waals surface area contributed by atoms with Gasteiger partial charge >= 0.3 is 0 Å². The third-order valence-corrected chi connectivity index (χ3v) is 4.34. The minimum absolute atomic E-state index is 0.0290. The lowest BCUT2D eigenvalue weighted by atomic mass is 10.2. The van der Waals surface area contributed by atoms with E-state index in [2.05, 4.69) is 20.8 Å². The molecule has 0 aliphatic heterocycles. The Bertz CT molecular complexity index is 915. The van der Waals surface area contributed by atoms with E-state index >= 15 is 0 Å². The fourth-order valence-corrected chi connectivity index (χ4v) is 2.89. The van der Waals surface area contributed by atoms with Crippen molar-refractivity contribution in [2.45, 2.75) is 11.7 Å². The molecule has 0 saturated carbocycles. The van der Waals surface area contributed by atoms with Gasteiger partial charge in [0.05, 0.1) is 17.2 Å². The maximum Gasteiger partial charge on any atom is 0.292 e. The fourth-order valence-electron chi connectivity index (χ4n) is 2.21. The third kappa shape index (κ3) is 4.42. The molecule has 9 nitrogen and oxygen atoms in total. The number of tetrazole rings is 1. The molecule has 1 amide bonds. The van der Waals surface area contributed by atoms with Crippen LogP contribution in [-0.4, -0.2) is 36.8 Å². The molecular formula is C16H14N6O3S. The molecule has 132 valence electrons. The second-order valence-corrected chi connectivity index (χ2v) is 6.16. The molecule has 1 N–H and O–H groups in total. The Hall–Kier alpha value is -3.27. The van der Waals surface area contributed by atoms with Crippen LogP contribution in [0, 0.1) is 10.1 Å². The fraction of sp³-hybridized carbons (Fsp3) is 0.125. The van der Waals surface area contributed by atoms with Gasteiger partial charge in [-0.3, -0.25) is 14.9 Å². The van der Waals surface area contributed by atoms with Crippen LogP contribution in [0.3, 0.4) is 0 Å². The van der Waals surface area contributed by atoms with Crippen molar-refractivity contribution in [2.24, 2.45) is 0 Å². The summed E-state index contributed by atoms with van der Waals surface area (Å²) < 4.78 is 1.60. The Morgan fingerprint density at radius 2 is 1.88 bits per heavy atom. The lowest BCUT2D eigenvalue weighted by Gasteiger charge is -2.06. The summed E-state index contributed by atoms with van der Waals surface area (Å²) in [4.78, 5) is 22.6. The van der Waals surface area contributed by atoms with Gasteiger partial charge in [-0.2, -0.15) is 0 Å². The molecule has 3 rings (SSSR count). The number of nitrogens with one attached hydrogen (secondary N) is 1. The van der Waals surface area contributed by atoms with Gasteiger partial charge in [0.1, 0.15) is 5.69 Å². The van der Waals surface area contributed by atoms with E-state index in [0.717, 1.165) is 17.3 Å². The summed E-state index contributed by atoms with van der Waals surface area (Å²) in [6.45, 7) is 0.488. The number of rotatable bonds is 7. The van der Waals surface area contributed by atoms with Gasteiger partial charge < -0.3 is 5.32 Å². The van der Waals surface area contributed by atoms with Crippen LogP contribution in [0.1, 0.15) is 5.56 Å². The first-order valence-electron chi connectivity index (χ1n) is 7.59. The van der Waals surface area contributed by atoms with Crippen LogP contribution in [-0.2, 0) is 11.3 Å². The number of nitrogens with zero attached hydrogens (tertiary/aromatic N) is 5. The SMILES string of the molecule is O=C(CSc1nnnn1Cc1ccccc1)Nc1ccccc1[N+](=O)[O-]. The number of amides is 1. The van der Waals surface area contributed by atoms with Crippen molar-refractivity contribution in [2.75, 3.05) is 11.1 Å².